The van der Waals surface area contributed by atoms with Crippen LogP contribution < -0.4 is 5.32 Å². The van der Waals surface area contributed by atoms with Crippen molar-refractivity contribution >= 4 is 17.5 Å². The molecule has 1 heterocycles. The van der Waals surface area contributed by atoms with Crippen LogP contribution in [0.15, 0.2) is 18.7 Å². The number of aromatic nitrogens is 2. The summed E-state index contributed by atoms with van der Waals surface area (Å²) in [6.07, 6.45) is 5.29. The first-order valence-electron chi connectivity index (χ1n) is 4.53. The van der Waals surface area contributed by atoms with Gasteiger partial charge in [-0.25, -0.2) is 4.98 Å². The minimum Gasteiger partial charge on any atom is -0.354 e. The normalized spacial score (nSPS) is 12.4. The van der Waals surface area contributed by atoms with Crippen LogP contribution in [0.1, 0.15) is 6.92 Å². The Labute approximate surface area is 88.3 Å². The predicted octanol–water partition coefficient (Wildman–Crippen LogP) is 0.874. The summed E-state index contributed by atoms with van der Waals surface area (Å²) in [5, 5.41) is 2.80. The fourth-order valence-electron chi connectivity index (χ4n) is 0.972. The molecule has 0 aromatic carbocycles. The first kappa shape index (κ1) is 11.0. The molecule has 1 atom stereocenters. The number of hydrogen-bond donors (Lipinski definition) is 1. The van der Waals surface area contributed by atoms with Crippen molar-refractivity contribution in [3.05, 3.63) is 18.7 Å². The van der Waals surface area contributed by atoms with E-state index in [-0.39, 0.29) is 11.8 Å². The molecule has 0 saturated heterocycles. The minimum atomic E-state index is -0.126. The van der Waals surface area contributed by atoms with Crippen molar-refractivity contribution in [2.45, 2.75) is 13.5 Å². The zero-order valence-electron chi connectivity index (χ0n) is 8.11. The molecule has 1 N–H and O–H groups in total. The van der Waals surface area contributed by atoms with E-state index in [9.17, 15) is 4.79 Å². The highest BCUT2D eigenvalue weighted by molar-refractivity contribution is 6.19. The molecular weight excluding hydrogens is 202 g/mol. The largest absolute Gasteiger partial charge is 0.354 e. The summed E-state index contributed by atoms with van der Waals surface area (Å²) in [6, 6.07) is 0. The molecule has 0 radical (unpaired) electrons. The summed E-state index contributed by atoms with van der Waals surface area (Å²) in [4.78, 5) is 15.2. The molecular formula is C9H14ClN3O. The van der Waals surface area contributed by atoms with E-state index in [1.165, 1.54) is 0 Å². The van der Waals surface area contributed by atoms with Crippen LogP contribution in [-0.4, -0.2) is 27.9 Å². The second-order valence-electron chi connectivity index (χ2n) is 3.15. The van der Waals surface area contributed by atoms with Gasteiger partial charge in [0.05, 0.1) is 6.33 Å². The van der Waals surface area contributed by atoms with Gasteiger partial charge in [-0.15, -0.1) is 11.6 Å². The number of carbonyl (C=O) groups is 1. The molecule has 0 aliphatic heterocycles. The topological polar surface area (TPSA) is 46.9 Å². The maximum Gasteiger partial charge on any atom is 0.224 e. The van der Waals surface area contributed by atoms with Gasteiger partial charge in [0, 0.05) is 37.3 Å². The summed E-state index contributed by atoms with van der Waals surface area (Å²) < 4.78 is 1.91. The van der Waals surface area contributed by atoms with Crippen LogP contribution in [0.25, 0.3) is 0 Å². The van der Waals surface area contributed by atoms with Gasteiger partial charge < -0.3 is 9.88 Å². The number of imidazole rings is 1. The summed E-state index contributed by atoms with van der Waals surface area (Å²) in [7, 11) is 0. The smallest absolute Gasteiger partial charge is 0.224 e. The standard InChI is InChI=1S/C9H14ClN3O/c1-8(6-10)9(14)12-3-5-13-4-2-11-7-13/h2,4,7-8H,3,5-6H2,1H3,(H,12,14). The van der Waals surface area contributed by atoms with E-state index >= 15 is 0 Å². The van der Waals surface area contributed by atoms with E-state index in [1.807, 2.05) is 10.8 Å². The Balaban J connectivity index is 2.18. The van der Waals surface area contributed by atoms with Crippen LogP contribution in [0.2, 0.25) is 0 Å². The van der Waals surface area contributed by atoms with Crippen LogP contribution >= 0.6 is 11.6 Å². The van der Waals surface area contributed by atoms with E-state index in [0.29, 0.717) is 12.4 Å². The van der Waals surface area contributed by atoms with Gasteiger partial charge in [0.2, 0.25) is 5.91 Å². The monoisotopic (exact) mass is 215 g/mol. The van der Waals surface area contributed by atoms with Gasteiger partial charge in [0.25, 0.3) is 0 Å². The Morgan fingerprint density at radius 2 is 2.50 bits per heavy atom. The third kappa shape index (κ3) is 3.38. The van der Waals surface area contributed by atoms with E-state index in [0.717, 1.165) is 6.54 Å². The Morgan fingerprint density at radius 3 is 3.07 bits per heavy atom. The number of rotatable bonds is 5. The molecule has 1 aromatic heterocycles. The van der Waals surface area contributed by atoms with Crippen LogP contribution in [-0.2, 0) is 11.3 Å². The third-order valence-corrected chi connectivity index (χ3v) is 2.37. The number of alkyl halides is 1. The number of nitrogens with zero attached hydrogens (tertiary/aromatic N) is 2. The summed E-state index contributed by atoms with van der Waals surface area (Å²) in [5.41, 5.74) is 0. The first-order valence-corrected chi connectivity index (χ1v) is 5.07. The number of nitrogens with one attached hydrogen (secondary N) is 1. The maximum atomic E-state index is 11.3. The number of hydrogen-bond acceptors (Lipinski definition) is 2. The second kappa shape index (κ2) is 5.65. The zero-order chi connectivity index (χ0) is 10.4. The van der Waals surface area contributed by atoms with Gasteiger partial charge in [-0.3, -0.25) is 4.79 Å². The minimum absolute atomic E-state index is 0.000107. The lowest BCUT2D eigenvalue weighted by atomic mass is 10.2. The van der Waals surface area contributed by atoms with Gasteiger partial charge in [-0.2, -0.15) is 0 Å². The van der Waals surface area contributed by atoms with Crippen molar-refractivity contribution in [1.29, 1.82) is 0 Å². The first-order chi connectivity index (χ1) is 6.74. The molecule has 1 unspecified atom stereocenters. The lowest BCUT2D eigenvalue weighted by molar-refractivity contribution is -0.123. The summed E-state index contributed by atoms with van der Waals surface area (Å²) in [6.45, 7) is 3.15. The highest BCUT2D eigenvalue weighted by atomic mass is 35.5. The molecule has 0 spiro atoms. The molecule has 0 bridgehead atoms. The molecule has 0 aliphatic rings. The lowest BCUT2D eigenvalue weighted by Crippen LogP contribution is -2.32. The third-order valence-electron chi connectivity index (χ3n) is 1.91. The van der Waals surface area contributed by atoms with Crippen LogP contribution in [0.5, 0.6) is 0 Å². The molecule has 4 nitrogen and oxygen atoms in total. The Morgan fingerprint density at radius 1 is 1.71 bits per heavy atom. The van der Waals surface area contributed by atoms with Crippen molar-refractivity contribution in [3.63, 3.8) is 0 Å². The summed E-state index contributed by atoms with van der Waals surface area (Å²) >= 11 is 5.55. The lowest BCUT2D eigenvalue weighted by Gasteiger charge is -2.09. The Bertz CT molecular complexity index is 274. The molecule has 1 aromatic rings. The fourth-order valence-corrected chi connectivity index (χ4v) is 1.11. The number of halogens is 1. The van der Waals surface area contributed by atoms with Gasteiger partial charge in [-0.1, -0.05) is 6.92 Å². The molecule has 0 fully saturated rings. The zero-order valence-corrected chi connectivity index (χ0v) is 8.87. The Kier molecular flexibility index (Phi) is 4.46. The van der Waals surface area contributed by atoms with Crippen molar-refractivity contribution in [1.82, 2.24) is 14.9 Å². The van der Waals surface area contributed by atoms with Crippen LogP contribution in [0.4, 0.5) is 0 Å². The van der Waals surface area contributed by atoms with Crippen molar-refractivity contribution in [3.8, 4) is 0 Å². The van der Waals surface area contributed by atoms with E-state index in [4.69, 9.17) is 11.6 Å². The SMILES string of the molecule is CC(CCl)C(=O)NCCn1ccnc1. The van der Waals surface area contributed by atoms with E-state index in [1.54, 1.807) is 19.4 Å². The van der Waals surface area contributed by atoms with Crippen LogP contribution in [0.3, 0.4) is 0 Å². The molecule has 14 heavy (non-hydrogen) atoms. The van der Waals surface area contributed by atoms with Gasteiger partial charge in [0.1, 0.15) is 0 Å². The highest BCUT2D eigenvalue weighted by Crippen LogP contribution is 1.96. The number of carbonyl (C=O) groups excluding carboxylic acids is 1. The molecule has 5 heteroatoms. The van der Waals surface area contributed by atoms with Crippen molar-refractivity contribution in [2.24, 2.45) is 5.92 Å². The quantitative estimate of drug-likeness (QED) is 0.742. The van der Waals surface area contributed by atoms with Gasteiger partial charge >= 0.3 is 0 Å². The Hall–Kier alpha value is -1.03. The molecule has 0 saturated carbocycles. The predicted molar refractivity (Wildman–Crippen MR) is 55.1 cm³/mol. The maximum absolute atomic E-state index is 11.3. The van der Waals surface area contributed by atoms with E-state index in [2.05, 4.69) is 10.3 Å². The van der Waals surface area contributed by atoms with Gasteiger partial charge in [-0.05, 0) is 0 Å². The molecule has 0 aliphatic carbocycles. The average molecular weight is 216 g/mol. The van der Waals surface area contributed by atoms with Gasteiger partial charge in [0.15, 0.2) is 0 Å². The van der Waals surface area contributed by atoms with Crippen molar-refractivity contribution < 1.29 is 4.79 Å². The van der Waals surface area contributed by atoms with E-state index < -0.39 is 0 Å². The molecule has 1 amide bonds. The molecule has 1 rings (SSSR count). The van der Waals surface area contributed by atoms with Crippen molar-refractivity contribution in [2.75, 3.05) is 12.4 Å². The fraction of sp³-hybridized carbons (Fsp3) is 0.556. The average Bonchev–Trinajstić information content (AvgIpc) is 2.69. The second-order valence-corrected chi connectivity index (χ2v) is 3.46. The highest BCUT2D eigenvalue weighted by Gasteiger charge is 2.09. The molecule has 78 valence electrons. The summed E-state index contributed by atoms with van der Waals surface area (Å²) in [5.74, 6) is 0.233. The van der Waals surface area contributed by atoms with Crippen LogP contribution in [0, 0.1) is 5.92 Å². The number of amides is 1.